The van der Waals surface area contributed by atoms with Crippen LogP contribution in [0.4, 0.5) is 5.69 Å². The first-order valence-corrected chi connectivity index (χ1v) is 12.2. The molecule has 0 saturated carbocycles. The third-order valence-corrected chi connectivity index (χ3v) is 6.82. The van der Waals surface area contributed by atoms with Gasteiger partial charge in [0.15, 0.2) is 0 Å². The number of para-hydroxylation sites is 1. The van der Waals surface area contributed by atoms with Gasteiger partial charge in [0.2, 0.25) is 5.91 Å². The molecule has 1 aliphatic rings. The third kappa shape index (κ3) is 5.70. The van der Waals surface area contributed by atoms with Crippen molar-refractivity contribution < 1.29 is 9.21 Å². The molecule has 0 radical (unpaired) electrons. The number of nitrogens with one attached hydrogen (secondary N) is 1. The highest BCUT2D eigenvalue weighted by atomic mass is 32.2. The van der Waals surface area contributed by atoms with Gasteiger partial charge < -0.3 is 9.73 Å². The number of furan rings is 1. The first-order chi connectivity index (χ1) is 15.1. The number of nitrogens with zero attached hydrogens (tertiary/aromatic N) is 2. The van der Waals surface area contributed by atoms with Crippen LogP contribution >= 0.6 is 11.8 Å². The van der Waals surface area contributed by atoms with Crippen molar-refractivity contribution in [3.8, 4) is 0 Å². The van der Waals surface area contributed by atoms with Gasteiger partial charge in [-0.1, -0.05) is 37.3 Å². The van der Waals surface area contributed by atoms with E-state index in [4.69, 9.17) is 4.42 Å². The van der Waals surface area contributed by atoms with E-state index in [0.717, 1.165) is 48.6 Å². The maximum absolute atomic E-state index is 12.8. The molecule has 1 aromatic heterocycles. The maximum Gasteiger partial charge on any atom is 0.238 e. The van der Waals surface area contributed by atoms with Crippen LogP contribution in [0, 0.1) is 0 Å². The van der Waals surface area contributed by atoms with E-state index in [9.17, 15) is 4.79 Å². The highest BCUT2D eigenvalue weighted by Gasteiger charge is 2.21. The van der Waals surface area contributed by atoms with Gasteiger partial charge in [-0.25, -0.2) is 0 Å². The van der Waals surface area contributed by atoms with Gasteiger partial charge in [-0.05, 0) is 43.3 Å². The topological polar surface area (TPSA) is 48.7 Å². The summed E-state index contributed by atoms with van der Waals surface area (Å²) in [4.78, 5) is 17.4. The second kappa shape index (κ2) is 10.4. The summed E-state index contributed by atoms with van der Waals surface area (Å²) >= 11 is 2.02. The third-order valence-electron chi connectivity index (χ3n) is 5.88. The summed E-state index contributed by atoms with van der Waals surface area (Å²) < 4.78 is 6.02. The molecule has 1 aliphatic heterocycles. The molecule has 2 heterocycles. The van der Waals surface area contributed by atoms with Crippen molar-refractivity contribution in [3.05, 3.63) is 65.9 Å². The molecule has 1 fully saturated rings. The van der Waals surface area contributed by atoms with Crippen LogP contribution in [-0.4, -0.2) is 53.4 Å². The second-order valence-electron chi connectivity index (χ2n) is 8.06. The highest BCUT2D eigenvalue weighted by molar-refractivity contribution is 7.99. The number of likely N-dealkylation sites (N-methyl/N-ethyl adjacent to an activating group) is 1. The smallest absolute Gasteiger partial charge is 0.238 e. The fourth-order valence-electron chi connectivity index (χ4n) is 4.06. The molecule has 0 spiro atoms. The minimum absolute atomic E-state index is 0.00339. The lowest BCUT2D eigenvalue weighted by Gasteiger charge is -2.26. The molecule has 3 aromatic rings. The molecule has 0 aliphatic carbocycles. The standard InChI is InChI=1S/C25H31N3O2S/c1-3-28(19(2)24-16-21-8-4-5-10-23(21)30-24)18-25(29)26-22-9-6-7-20(15-22)17-27-11-13-31-14-12-27/h4-10,15-16,19H,3,11-14,17-18H2,1-2H3,(H,26,29). The van der Waals surface area contributed by atoms with Crippen molar-refractivity contribution in [1.82, 2.24) is 9.80 Å². The summed E-state index contributed by atoms with van der Waals surface area (Å²) in [6.45, 7) is 8.45. The van der Waals surface area contributed by atoms with Gasteiger partial charge in [0.05, 0.1) is 12.6 Å². The fourth-order valence-corrected chi connectivity index (χ4v) is 5.04. The van der Waals surface area contributed by atoms with Gasteiger partial charge in [-0.15, -0.1) is 0 Å². The average Bonchev–Trinajstić information content (AvgIpc) is 3.22. The first-order valence-electron chi connectivity index (χ1n) is 11.0. The molecular formula is C25H31N3O2S. The Morgan fingerprint density at radius 1 is 1.16 bits per heavy atom. The predicted octanol–water partition coefficient (Wildman–Crippen LogP) is 5.00. The van der Waals surface area contributed by atoms with E-state index in [-0.39, 0.29) is 11.9 Å². The summed E-state index contributed by atoms with van der Waals surface area (Å²) in [6, 6.07) is 18.3. The van der Waals surface area contributed by atoms with Crippen LogP contribution in [0.3, 0.4) is 0 Å². The zero-order chi connectivity index (χ0) is 21.6. The number of benzene rings is 2. The summed E-state index contributed by atoms with van der Waals surface area (Å²) in [5.74, 6) is 3.29. The predicted molar refractivity (Wildman–Crippen MR) is 130 cm³/mol. The van der Waals surface area contributed by atoms with Gasteiger partial charge in [0.1, 0.15) is 11.3 Å². The Hall–Kier alpha value is -2.28. The SMILES string of the molecule is CCN(CC(=O)Nc1cccc(CN2CCSCC2)c1)C(C)c1cc2ccccc2o1. The second-order valence-corrected chi connectivity index (χ2v) is 9.29. The monoisotopic (exact) mass is 437 g/mol. The van der Waals surface area contributed by atoms with Gasteiger partial charge in [0, 0.05) is 42.2 Å². The highest BCUT2D eigenvalue weighted by Crippen LogP contribution is 2.27. The molecule has 1 atom stereocenters. The molecule has 5 nitrogen and oxygen atoms in total. The van der Waals surface area contributed by atoms with E-state index >= 15 is 0 Å². The van der Waals surface area contributed by atoms with Crippen LogP contribution in [-0.2, 0) is 11.3 Å². The van der Waals surface area contributed by atoms with E-state index in [0.29, 0.717) is 6.54 Å². The lowest BCUT2D eigenvalue weighted by Crippen LogP contribution is -2.35. The molecule has 1 saturated heterocycles. The number of hydrogen-bond donors (Lipinski definition) is 1. The van der Waals surface area contributed by atoms with E-state index < -0.39 is 0 Å². The number of hydrogen-bond acceptors (Lipinski definition) is 5. The number of anilines is 1. The molecule has 4 rings (SSSR count). The summed E-state index contributed by atoms with van der Waals surface area (Å²) in [5.41, 5.74) is 2.99. The van der Waals surface area contributed by atoms with Crippen LogP contribution in [0.5, 0.6) is 0 Å². The lowest BCUT2D eigenvalue weighted by atomic mass is 10.1. The van der Waals surface area contributed by atoms with Crippen LogP contribution in [0.2, 0.25) is 0 Å². The Kier molecular flexibility index (Phi) is 7.33. The number of thioether (sulfide) groups is 1. The van der Waals surface area contributed by atoms with E-state index in [2.05, 4.69) is 47.2 Å². The average molecular weight is 438 g/mol. The molecule has 6 heteroatoms. The van der Waals surface area contributed by atoms with Gasteiger partial charge in [-0.3, -0.25) is 14.6 Å². The molecule has 1 unspecified atom stereocenters. The minimum atomic E-state index is -0.00339. The quantitative estimate of drug-likeness (QED) is 0.537. The molecule has 164 valence electrons. The normalized spacial score (nSPS) is 16.0. The Morgan fingerprint density at radius 3 is 2.74 bits per heavy atom. The van der Waals surface area contributed by atoms with Crippen molar-refractivity contribution >= 4 is 34.3 Å². The van der Waals surface area contributed by atoms with Crippen molar-refractivity contribution in [2.24, 2.45) is 0 Å². The van der Waals surface area contributed by atoms with Crippen LogP contribution in [0.15, 0.2) is 59.0 Å². The van der Waals surface area contributed by atoms with Gasteiger partial charge in [-0.2, -0.15) is 11.8 Å². The van der Waals surface area contributed by atoms with E-state index in [1.165, 1.54) is 17.1 Å². The Bertz CT molecular complexity index is 980. The van der Waals surface area contributed by atoms with Crippen LogP contribution in [0.25, 0.3) is 11.0 Å². The number of carbonyl (C=O) groups excluding carboxylic acids is 1. The molecule has 1 amide bonds. The van der Waals surface area contributed by atoms with Gasteiger partial charge >= 0.3 is 0 Å². The van der Waals surface area contributed by atoms with Crippen molar-refractivity contribution in [2.45, 2.75) is 26.4 Å². The lowest BCUT2D eigenvalue weighted by molar-refractivity contribution is -0.117. The molecule has 31 heavy (non-hydrogen) atoms. The zero-order valence-corrected chi connectivity index (χ0v) is 19.2. The van der Waals surface area contributed by atoms with Crippen LogP contribution < -0.4 is 5.32 Å². The molecule has 2 aromatic carbocycles. The molecule has 1 N–H and O–H groups in total. The minimum Gasteiger partial charge on any atom is -0.459 e. The largest absolute Gasteiger partial charge is 0.459 e. The fraction of sp³-hybridized carbons (Fsp3) is 0.400. The maximum atomic E-state index is 12.8. The van der Waals surface area contributed by atoms with E-state index in [1.54, 1.807) is 0 Å². The van der Waals surface area contributed by atoms with Crippen LogP contribution in [0.1, 0.15) is 31.2 Å². The number of fused-ring (bicyclic) bond motifs is 1. The van der Waals surface area contributed by atoms with Gasteiger partial charge in [0.25, 0.3) is 0 Å². The number of amides is 1. The zero-order valence-electron chi connectivity index (χ0n) is 18.3. The molecule has 0 bridgehead atoms. The van der Waals surface area contributed by atoms with E-state index in [1.807, 2.05) is 48.2 Å². The number of carbonyl (C=O) groups is 1. The van der Waals surface area contributed by atoms with Crippen molar-refractivity contribution in [1.29, 1.82) is 0 Å². The Morgan fingerprint density at radius 2 is 1.97 bits per heavy atom. The summed E-state index contributed by atoms with van der Waals surface area (Å²) in [6.07, 6.45) is 0. The van der Waals surface area contributed by atoms with Crippen molar-refractivity contribution in [2.75, 3.05) is 43.0 Å². The molecular weight excluding hydrogens is 406 g/mol. The Balaban J connectivity index is 1.37. The Labute approximate surface area is 188 Å². The van der Waals surface area contributed by atoms with Crippen molar-refractivity contribution in [3.63, 3.8) is 0 Å². The first kappa shape index (κ1) is 21.9. The number of rotatable bonds is 8. The summed E-state index contributed by atoms with van der Waals surface area (Å²) in [5, 5.41) is 4.18. The summed E-state index contributed by atoms with van der Waals surface area (Å²) in [7, 11) is 0.